The minimum Gasteiger partial charge on any atom is -0.344 e. The van der Waals surface area contributed by atoms with Crippen molar-refractivity contribution in [3.8, 4) is 0 Å². The van der Waals surface area contributed by atoms with Gasteiger partial charge in [0.2, 0.25) is 0 Å². The van der Waals surface area contributed by atoms with Crippen LogP contribution in [0.5, 0.6) is 0 Å². The molecule has 0 amide bonds. The van der Waals surface area contributed by atoms with Crippen molar-refractivity contribution >= 4 is 11.3 Å². The zero-order valence-corrected chi connectivity index (χ0v) is 4.24. The molecule has 1 aromatic heterocycles. The van der Waals surface area contributed by atoms with Crippen LogP contribution in [0, 0.1) is 0 Å². The van der Waals surface area contributed by atoms with Crippen molar-refractivity contribution in [1.29, 1.82) is 0 Å². The van der Waals surface area contributed by atoms with Gasteiger partial charge >= 0.3 is 0 Å². The minimum atomic E-state index is 0. The van der Waals surface area contributed by atoms with Crippen molar-refractivity contribution in [3.05, 3.63) is 22.9 Å². The van der Waals surface area contributed by atoms with Crippen LogP contribution in [-0.4, -0.2) is 0 Å². The van der Waals surface area contributed by atoms with E-state index in [0.29, 0.717) is 0 Å². The van der Waals surface area contributed by atoms with Gasteiger partial charge in [-0.3, -0.25) is 0 Å². The first-order valence-electron chi connectivity index (χ1n) is 1.47. The normalized spacial score (nSPS) is 6.67. The fraction of sp³-hybridized carbons (Fsp3) is 0. The molecule has 0 aliphatic rings. The summed E-state index contributed by atoms with van der Waals surface area (Å²) >= 11 is 1.71. The van der Waals surface area contributed by atoms with Crippen molar-refractivity contribution in [1.82, 2.24) is 6.15 Å². The van der Waals surface area contributed by atoms with E-state index in [2.05, 4.69) is 0 Å². The van der Waals surface area contributed by atoms with E-state index in [-0.39, 0.29) is 6.15 Å². The van der Waals surface area contributed by atoms with Gasteiger partial charge in [0.1, 0.15) is 0 Å². The number of rotatable bonds is 0. The zero-order valence-electron chi connectivity index (χ0n) is 3.42. The number of thiophene rings is 1. The van der Waals surface area contributed by atoms with Crippen LogP contribution in [0.25, 0.3) is 0 Å². The van der Waals surface area contributed by atoms with Gasteiger partial charge in [-0.25, -0.2) is 0 Å². The average Bonchev–Trinajstić information content (AvgIpc) is 1.76. The van der Waals surface area contributed by atoms with Gasteiger partial charge in [-0.05, 0) is 10.8 Å². The van der Waals surface area contributed by atoms with Crippen LogP contribution >= 0.6 is 11.3 Å². The second kappa shape index (κ2) is 2.87. The molecule has 0 aromatic carbocycles. The molecular formula is C4H7NS. The van der Waals surface area contributed by atoms with Crippen molar-refractivity contribution in [2.45, 2.75) is 0 Å². The number of hydrogen-bond acceptors (Lipinski definition) is 2. The van der Waals surface area contributed by atoms with E-state index in [4.69, 9.17) is 0 Å². The summed E-state index contributed by atoms with van der Waals surface area (Å²) < 4.78 is 0. The van der Waals surface area contributed by atoms with Crippen LogP contribution in [0.15, 0.2) is 22.9 Å². The third-order valence-corrected chi connectivity index (χ3v) is 1.05. The average molecular weight is 101 g/mol. The van der Waals surface area contributed by atoms with Crippen LogP contribution in [0.2, 0.25) is 0 Å². The Kier molecular flexibility index (Phi) is 2.71. The van der Waals surface area contributed by atoms with Crippen LogP contribution in [0.3, 0.4) is 0 Å². The Morgan fingerprint density at radius 1 is 1.00 bits per heavy atom. The Balaban J connectivity index is 0.000000250. The highest BCUT2D eigenvalue weighted by Crippen LogP contribution is 1.91. The summed E-state index contributed by atoms with van der Waals surface area (Å²) in [6.07, 6.45) is 0. The molecule has 0 bridgehead atoms. The molecule has 0 fully saturated rings. The summed E-state index contributed by atoms with van der Waals surface area (Å²) in [5, 5.41) is 4.08. The van der Waals surface area contributed by atoms with E-state index in [1.165, 1.54) is 0 Å². The number of hydrogen-bond donors (Lipinski definition) is 1. The van der Waals surface area contributed by atoms with Crippen LogP contribution in [0.4, 0.5) is 0 Å². The molecule has 0 aliphatic heterocycles. The first-order chi connectivity index (χ1) is 2.50. The van der Waals surface area contributed by atoms with E-state index in [0.717, 1.165) is 0 Å². The lowest BCUT2D eigenvalue weighted by Gasteiger charge is -1.39. The summed E-state index contributed by atoms with van der Waals surface area (Å²) in [5.74, 6) is 0. The smallest absolute Gasteiger partial charge is 0.00934 e. The van der Waals surface area contributed by atoms with Crippen molar-refractivity contribution in [2.75, 3.05) is 0 Å². The highest BCUT2D eigenvalue weighted by Gasteiger charge is 1.58. The Bertz CT molecular complexity index is 64.0. The third kappa shape index (κ3) is 1.19. The topological polar surface area (TPSA) is 35.0 Å². The summed E-state index contributed by atoms with van der Waals surface area (Å²) in [6.45, 7) is 0. The van der Waals surface area contributed by atoms with Gasteiger partial charge in [0.15, 0.2) is 0 Å². The van der Waals surface area contributed by atoms with Gasteiger partial charge in [-0.2, -0.15) is 11.3 Å². The highest BCUT2D eigenvalue weighted by atomic mass is 32.1. The van der Waals surface area contributed by atoms with Crippen molar-refractivity contribution in [3.63, 3.8) is 0 Å². The predicted molar refractivity (Wildman–Crippen MR) is 29.3 cm³/mol. The summed E-state index contributed by atoms with van der Waals surface area (Å²) in [4.78, 5) is 0. The third-order valence-electron chi connectivity index (χ3n) is 0.425. The van der Waals surface area contributed by atoms with Crippen LogP contribution in [-0.2, 0) is 0 Å². The molecule has 3 N–H and O–H groups in total. The maximum atomic E-state index is 2.04. The minimum absolute atomic E-state index is 0. The monoisotopic (exact) mass is 101 g/mol. The first-order valence-corrected chi connectivity index (χ1v) is 2.41. The van der Waals surface area contributed by atoms with Gasteiger partial charge in [0.05, 0.1) is 0 Å². The first kappa shape index (κ1) is 5.66. The van der Waals surface area contributed by atoms with Crippen LogP contribution in [0.1, 0.15) is 0 Å². The van der Waals surface area contributed by atoms with E-state index in [9.17, 15) is 0 Å². The SMILES string of the molecule is N.c1ccsc1. The molecule has 0 saturated carbocycles. The summed E-state index contributed by atoms with van der Waals surface area (Å²) in [6, 6.07) is 4.04. The molecule has 0 aliphatic carbocycles. The molecular weight excluding hydrogens is 94.1 g/mol. The van der Waals surface area contributed by atoms with Gasteiger partial charge in [-0.15, -0.1) is 0 Å². The lowest BCUT2D eigenvalue weighted by Crippen LogP contribution is -1.16. The molecule has 6 heavy (non-hydrogen) atoms. The molecule has 1 heterocycles. The van der Waals surface area contributed by atoms with Gasteiger partial charge in [-0.1, -0.05) is 12.1 Å². The molecule has 0 spiro atoms. The molecule has 34 valence electrons. The second-order valence-corrected chi connectivity index (χ2v) is 1.61. The molecule has 0 radical (unpaired) electrons. The fourth-order valence-electron chi connectivity index (χ4n) is 0.227. The molecule has 1 rings (SSSR count). The molecule has 2 heteroatoms. The van der Waals surface area contributed by atoms with E-state index >= 15 is 0 Å². The summed E-state index contributed by atoms with van der Waals surface area (Å²) in [7, 11) is 0. The molecule has 0 atom stereocenters. The standard InChI is InChI=1S/C4H4S.H3N/c1-2-4-5-3-1;/h1-4H;1H3. The lowest BCUT2D eigenvalue weighted by molar-refractivity contribution is 2.03. The quantitative estimate of drug-likeness (QED) is 0.532. The van der Waals surface area contributed by atoms with Gasteiger partial charge in [0, 0.05) is 0 Å². The van der Waals surface area contributed by atoms with Gasteiger partial charge in [0.25, 0.3) is 0 Å². The molecule has 1 aromatic rings. The Morgan fingerprint density at radius 2 is 1.50 bits per heavy atom. The predicted octanol–water partition coefficient (Wildman–Crippen LogP) is 1.91. The Labute approximate surface area is 41.2 Å². The largest absolute Gasteiger partial charge is 0.344 e. The van der Waals surface area contributed by atoms with Gasteiger partial charge < -0.3 is 6.15 Å². The highest BCUT2D eigenvalue weighted by molar-refractivity contribution is 7.07. The maximum absolute atomic E-state index is 2.04. The second-order valence-electron chi connectivity index (χ2n) is 0.793. The van der Waals surface area contributed by atoms with Crippen molar-refractivity contribution in [2.24, 2.45) is 0 Å². The molecule has 0 saturated heterocycles. The zero-order chi connectivity index (χ0) is 3.54. The van der Waals surface area contributed by atoms with Crippen LogP contribution < -0.4 is 6.15 Å². The Morgan fingerprint density at radius 3 is 1.67 bits per heavy atom. The van der Waals surface area contributed by atoms with E-state index in [1.54, 1.807) is 11.3 Å². The molecule has 0 unspecified atom stereocenters. The van der Waals surface area contributed by atoms with E-state index < -0.39 is 0 Å². The Hall–Kier alpha value is -0.340. The summed E-state index contributed by atoms with van der Waals surface area (Å²) in [5.41, 5.74) is 0. The lowest BCUT2D eigenvalue weighted by atomic mass is 10.7. The maximum Gasteiger partial charge on any atom is -0.00934 e. The molecule has 1 nitrogen and oxygen atoms in total. The van der Waals surface area contributed by atoms with Crippen molar-refractivity contribution < 1.29 is 0 Å². The van der Waals surface area contributed by atoms with E-state index in [1.807, 2.05) is 22.9 Å². The fourth-order valence-corrected chi connectivity index (χ4v) is 0.680.